The van der Waals surface area contributed by atoms with Crippen molar-refractivity contribution in [3.63, 3.8) is 0 Å². The Morgan fingerprint density at radius 1 is 1.19 bits per heavy atom. The van der Waals surface area contributed by atoms with E-state index < -0.39 is 0 Å². The summed E-state index contributed by atoms with van der Waals surface area (Å²) in [5, 5.41) is 6.95. The third-order valence-electron chi connectivity index (χ3n) is 4.92. The number of hydrogen-bond donors (Lipinski definition) is 1. The molecule has 2 amide bonds. The molecule has 3 rings (SSSR count). The van der Waals surface area contributed by atoms with E-state index in [0.717, 1.165) is 31.5 Å². The van der Waals surface area contributed by atoms with Crippen molar-refractivity contribution in [1.82, 2.24) is 19.6 Å². The molecular formula is C20H27N5O2. The van der Waals surface area contributed by atoms with Crippen LogP contribution in [-0.4, -0.2) is 58.1 Å². The first kappa shape index (κ1) is 19.1. The number of carbonyl (C=O) groups is 2. The first-order valence-corrected chi connectivity index (χ1v) is 9.32. The minimum atomic E-state index is -0.0697. The fourth-order valence-electron chi connectivity index (χ4n) is 3.45. The van der Waals surface area contributed by atoms with Crippen LogP contribution >= 0.6 is 0 Å². The molecule has 2 aromatic rings. The average Bonchev–Trinajstić information content (AvgIpc) is 3.07. The van der Waals surface area contributed by atoms with Gasteiger partial charge >= 0.3 is 0 Å². The van der Waals surface area contributed by atoms with Crippen LogP contribution in [0.15, 0.2) is 42.6 Å². The van der Waals surface area contributed by atoms with E-state index in [-0.39, 0.29) is 17.7 Å². The maximum Gasteiger partial charge on any atom is 0.239 e. The number of piperidine rings is 1. The number of aryl methyl sites for hydroxylation is 1. The van der Waals surface area contributed by atoms with Gasteiger partial charge in [0.25, 0.3) is 0 Å². The highest BCUT2D eigenvalue weighted by Crippen LogP contribution is 2.20. The zero-order chi connectivity index (χ0) is 19.2. The molecule has 1 aromatic carbocycles. The van der Waals surface area contributed by atoms with Crippen LogP contribution in [0, 0.1) is 5.92 Å². The number of carbonyl (C=O) groups excluding carboxylic acids is 2. The summed E-state index contributed by atoms with van der Waals surface area (Å²) in [5.74, 6) is 0.722. The van der Waals surface area contributed by atoms with Crippen LogP contribution in [0.5, 0.6) is 0 Å². The van der Waals surface area contributed by atoms with E-state index in [1.807, 2.05) is 49.3 Å². The van der Waals surface area contributed by atoms with Crippen molar-refractivity contribution in [2.75, 3.05) is 32.0 Å². The number of amides is 2. The third-order valence-corrected chi connectivity index (χ3v) is 4.92. The van der Waals surface area contributed by atoms with Gasteiger partial charge in [0.2, 0.25) is 11.8 Å². The van der Waals surface area contributed by atoms with E-state index in [1.165, 1.54) is 0 Å². The molecule has 7 heteroatoms. The normalized spacial score (nSPS) is 15.5. The van der Waals surface area contributed by atoms with Gasteiger partial charge in [-0.25, -0.2) is 0 Å². The van der Waals surface area contributed by atoms with Gasteiger partial charge in [0.1, 0.15) is 0 Å². The number of benzene rings is 1. The molecule has 0 radical (unpaired) electrons. The molecule has 144 valence electrons. The second-order valence-corrected chi connectivity index (χ2v) is 7.15. The van der Waals surface area contributed by atoms with E-state index in [9.17, 15) is 9.59 Å². The summed E-state index contributed by atoms with van der Waals surface area (Å²) < 4.78 is 1.65. The molecular weight excluding hydrogens is 342 g/mol. The molecule has 1 aliphatic rings. The minimum absolute atomic E-state index is 0.0359. The van der Waals surface area contributed by atoms with Crippen LogP contribution in [-0.2, 0) is 23.2 Å². The van der Waals surface area contributed by atoms with Crippen LogP contribution in [0.2, 0.25) is 0 Å². The summed E-state index contributed by atoms with van der Waals surface area (Å²) in [6.07, 6.45) is 3.36. The standard InChI is InChI=1S/C20H27N5O2/c1-23(14-16-6-4-3-5-7-16)20(27)17-8-12-25(13-9-17)15-19(26)21-18-10-11-24(2)22-18/h3-7,10-11,17H,8-9,12-15H2,1-2H3,(H,21,22,26). The molecule has 1 saturated heterocycles. The minimum Gasteiger partial charge on any atom is -0.341 e. The summed E-state index contributed by atoms with van der Waals surface area (Å²) >= 11 is 0. The lowest BCUT2D eigenvalue weighted by atomic mass is 9.95. The Hall–Kier alpha value is -2.67. The molecule has 0 aliphatic carbocycles. The van der Waals surface area contributed by atoms with Gasteiger partial charge in [-0.05, 0) is 31.5 Å². The molecule has 0 bridgehead atoms. The molecule has 1 fully saturated rings. The molecule has 1 aromatic heterocycles. The maximum atomic E-state index is 12.7. The molecule has 0 atom stereocenters. The second kappa shape index (κ2) is 8.81. The molecule has 2 heterocycles. The molecule has 7 nitrogen and oxygen atoms in total. The van der Waals surface area contributed by atoms with Crippen molar-refractivity contribution in [2.45, 2.75) is 19.4 Å². The largest absolute Gasteiger partial charge is 0.341 e. The van der Waals surface area contributed by atoms with E-state index >= 15 is 0 Å². The third kappa shape index (κ3) is 5.40. The highest BCUT2D eigenvalue weighted by atomic mass is 16.2. The van der Waals surface area contributed by atoms with E-state index in [4.69, 9.17) is 0 Å². The van der Waals surface area contributed by atoms with Crippen LogP contribution in [0.4, 0.5) is 5.82 Å². The number of nitrogens with one attached hydrogen (secondary N) is 1. The Kier molecular flexibility index (Phi) is 6.24. The van der Waals surface area contributed by atoms with Crippen molar-refractivity contribution >= 4 is 17.6 Å². The maximum absolute atomic E-state index is 12.7. The van der Waals surface area contributed by atoms with Gasteiger partial charge in [0.05, 0.1) is 6.54 Å². The number of rotatable bonds is 6. The van der Waals surface area contributed by atoms with E-state index in [0.29, 0.717) is 18.9 Å². The fraction of sp³-hybridized carbons (Fsp3) is 0.450. The quantitative estimate of drug-likeness (QED) is 0.842. The summed E-state index contributed by atoms with van der Waals surface area (Å²) in [6.45, 7) is 2.47. The van der Waals surface area contributed by atoms with Gasteiger partial charge in [-0.15, -0.1) is 0 Å². The highest BCUT2D eigenvalue weighted by molar-refractivity contribution is 5.91. The summed E-state index contributed by atoms with van der Waals surface area (Å²) in [5.41, 5.74) is 1.14. The van der Waals surface area contributed by atoms with Crippen LogP contribution in [0.25, 0.3) is 0 Å². The van der Waals surface area contributed by atoms with Crippen LogP contribution in [0.3, 0.4) is 0 Å². The lowest BCUT2D eigenvalue weighted by Gasteiger charge is -2.32. The van der Waals surface area contributed by atoms with Gasteiger partial charge in [-0.3, -0.25) is 19.2 Å². The van der Waals surface area contributed by atoms with Crippen molar-refractivity contribution in [3.05, 3.63) is 48.2 Å². The number of anilines is 1. The molecule has 0 saturated carbocycles. The number of hydrogen-bond acceptors (Lipinski definition) is 4. The topological polar surface area (TPSA) is 70.5 Å². The van der Waals surface area contributed by atoms with Crippen LogP contribution < -0.4 is 5.32 Å². The predicted octanol–water partition coefficient (Wildman–Crippen LogP) is 1.73. The van der Waals surface area contributed by atoms with E-state index in [2.05, 4.69) is 15.3 Å². The Balaban J connectivity index is 1.42. The molecule has 1 N–H and O–H groups in total. The van der Waals surface area contributed by atoms with Gasteiger partial charge in [0, 0.05) is 38.8 Å². The Morgan fingerprint density at radius 2 is 1.89 bits per heavy atom. The number of likely N-dealkylation sites (tertiary alicyclic amines) is 1. The van der Waals surface area contributed by atoms with Gasteiger partial charge < -0.3 is 10.2 Å². The van der Waals surface area contributed by atoms with Crippen molar-refractivity contribution in [1.29, 1.82) is 0 Å². The monoisotopic (exact) mass is 369 g/mol. The molecule has 27 heavy (non-hydrogen) atoms. The predicted molar refractivity (Wildman–Crippen MR) is 104 cm³/mol. The Bertz CT molecular complexity index is 766. The average molecular weight is 369 g/mol. The van der Waals surface area contributed by atoms with Gasteiger partial charge in [-0.1, -0.05) is 30.3 Å². The first-order valence-electron chi connectivity index (χ1n) is 9.32. The summed E-state index contributed by atoms with van der Waals surface area (Å²) in [6, 6.07) is 11.8. The summed E-state index contributed by atoms with van der Waals surface area (Å²) in [4.78, 5) is 28.7. The van der Waals surface area contributed by atoms with Gasteiger partial charge in [-0.2, -0.15) is 5.10 Å². The zero-order valence-electron chi connectivity index (χ0n) is 16.0. The first-order chi connectivity index (χ1) is 13.0. The fourth-order valence-corrected chi connectivity index (χ4v) is 3.45. The van der Waals surface area contributed by atoms with Gasteiger partial charge in [0.15, 0.2) is 5.82 Å². The Morgan fingerprint density at radius 3 is 2.52 bits per heavy atom. The smallest absolute Gasteiger partial charge is 0.239 e. The second-order valence-electron chi connectivity index (χ2n) is 7.15. The number of nitrogens with zero attached hydrogens (tertiary/aromatic N) is 4. The highest BCUT2D eigenvalue weighted by Gasteiger charge is 2.28. The molecule has 0 spiro atoms. The van der Waals surface area contributed by atoms with E-state index in [1.54, 1.807) is 16.9 Å². The van der Waals surface area contributed by atoms with Crippen molar-refractivity contribution < 1.29 is 9.59 Å². The summed E-state index contributed by atoms with van der Waals surface area (Å²) in [7, 11) is 3.67. The van der Waals surface area contributed by atoms with Crippen LogP contribution in [0.1, 0.15) is 18.4 Å². The zero-order valence-corrected chi connectivity index (χ0v) is 16.0. The number of aromatic nitrogens is 2. The van der Waals surface area contributed by atoms with Crippen molar-refractivity contribution in [2.24, 2.45) is 13.0 Å². The molecule has 1 aliphatic heterocycles. The lowest BCUT2D eigenvalue weighted by molar-refractivity contribution is -0.136. The Labute approximate surface area is 159 Å². The lowest BCUT2D eigenvalue weighted by Crippen LogP contribution is -2.43. The SMILES string of the molecule is CN(Cc1ccccc1)C(=O)C1CCN(CC(=O)Nc2ccn(C)n2)CC1. The van der Waals surface area contributed by atoms with Crippen molar-refractivity contribution in [3.8, 4) is 0 Å². The molecule has 0 unspecified atom stereocenters.